The predicted octanol–water partition coefficient (Wildman–Crippen LogP) is 6.48. The van der Waals surface area contributed by atoms with Crippen LogP contribution in [0, 0.1) is 17.8 Å². The average Bonchev–Trinajstić information content (AvgIpc) is 3.63. The summed E-state index contributed by atoms with van der Waals surface area (Å²) in [7, 11) is 3.30. The molecule has 0 unspecified atom stereocenters. The van der Waals surface area contributed by atoms with Gasteiger partial charge >= 0.3 is 12.1 Å². The SMILES string of the molecule is CC[C@H](C)[C@H](NC(=O)[C@H]1CCCCN1C(=O)OC(C)(C)C)C(=O)N(C)[C@H](C[C@@H](OC)c1nc(C(=O)N[C@@H](Cc2ccccc2)C[C@H](C)C(=O)O)cs1)C(C)C. The van der Waals surface area contributed by atoms with Crippen LogP contribution in [-0.4, -0.2) is 100 Å². The van der Waals surface area contributed by atoms with Gasteiger partial charge in [-0.2, -0.15) is 0 Å². The summed E-state index contributed by atoms with van der Waals surface area (Å²) in [5.41, 5.74) is 0.477. The van der Waals surface area contributed by atoms with Crippen molar-refractivity contribution in [1.29, 1.82) is 0 Å². The normalized spacial score (nSPS) is 18.0. The van der Waals surface area contributed by atoms with E-state index in [0.29, 0.717) is 37.2 Å². The van der Waals surface area contributed by atoms with Gasteiger partial charge in [0.2, 0.25) is 11.8 Å². The van der Waals surface area contributed by atoms with E-state index in [0.717, 1.165) is 18.4 Å². The van der Waals surface area contributed by atoms with Crippen LogP contribution in [0.3, 0.4) is 0 Å². The standard InChI is InChI=1S/C41H63N5O8S/c1-11-26(4)34(44-36(48)31-19-15-16-20-46(31)40(52)54-41(6,7)8)38(49)45(9)32(25(2)3)23-33(53-10)37-43-30(24-55-37)35(47)42-29(21-27(5)39(50)51)22-28-17-13-12-14-18-28/h12-14,17-18,24-27,29,31-34H,11,15-16,19-23H2,1-10H3,(H,42,47)(H,44,48)(H,50,51)/t26-,27-,29+,31+,32+,33+,34-/m0/s1. The van der Waals surface area contributed by atoms with Gasteiger partial charge in [-0.25, -0.2) is 9.78 Å². The zero-order chi connectivity index (χ0) is 41.0. The van der Waals surface area contributed by atoms with Crippen LogP contribution in [0.1, 0.15) is 121 Å². The molecular weight excluding hydrogens is 723 g/mol. The van der Waals surface area contributed by atoms with Gasteiger partial charge in [-0.3, -0.25) is 24.1 Å². The Hall–Kier alpha value is -4.04. The Balaban J connectivity index is 1.77. The number of nitrogens with one attached hydrogen (secondary N) is 2. The summed E-state index contributed by atoms with van der Waals surface area (Å²) in [5, 5.41) is 17.8. The highest BCUT2D eigenvalue weighted by Crippen LogP contribution is 2.31. The molecule has 2 aromatic rings. The number of amides is 4. The maximum Gasteiger partial charge on any atom is 0.410 e. The quantitative estimate of drug-likeness (QED) is 0.153. The van der Waals surface area contributed by atoms with Crippen LogP contribution in [-0.2, 0) is 30.3 Å². The highest BCUT2D eigenvalue weighted by atomic mass is 32.1. The van der Waals surface area contributed by atoms with E-state index in [9.17, 15) is 29.1 Å². The Labute approximate surface area is 330 Å². The zero-order valence-corrected chi connectivity index (χ0v) is 35.1. The molecule has 7 atom stereocenters. The van der Waals surface area contributed by atoms with Crippen LogP contribution < -0.4 is 10.6 Å². The maximum atomic E-state index is 14.3. The van der Waals surface area contributed by atoms with Crippen molar-refractivity contribution in [3.63, 3.8) is 0 Å². The van der Waals surface area contributed by atoms with Crippen molar-refractivity contribution in [2.75, 3.05) is 20.7 Å². The third-order valence-electron chi connectivity index (χ3n) is 10.3. The van der Waals surface area contributed by atoms with Gasteiger partial charge in [-0.15, -0.1) is 11.3 Å². The number of ether oxygens (including phenoxy) is 2. The summed E-state index contributed by atoms with van der Waals surface area (Å²) in [6.45, 7) is 15.3. The Morgan fingerprint density at radius 2 is 1.71 bits per heavy atom. The summed E-state index contributed by atoms with van der Waals surface area (Å²) >= 11 is 1.29. The molecule has 1 aliphatic rings. The lowest BCUT2D eigenvalue weighted by Gasteiger charge is -2.39. The number of likely N-dealkylation sites (N-methyl/N-ethyl adjacent to an activating group) is 1. The second kappa shape index (κ2) is 20.8. The molecule has 0 saturated carbocycles. The predicted molar refractivity (Wildman–Crippen MR) is 213 cm³/mol. The number of aliphatic carboxylic acids is 1. The number of rotatable bonds is 18. The van der Waals surface area contributed by atoms with Crippen molar-refractivity contribution in [3.05, 3.63) is 52.0 Å². The van der Waals surface area contributed by atoms with Crippen LogP contribution in [0.5, 0.6) is 0 Å². The fraction of sp³-hybridized carbons (Fsp3) is 0.659. The number of benzene rings is 1. The molecule has 3 rings (SSSR count). The molecule has 0 spiro atoms. The molecule has 306 valence electrons. The largest absolute Gasteiger partial charge is 0.481 e. The third-order valence-corrected chi connectivity index (χ3v) is 11.3. The van der Waals surface area contributed by atoms with Crippen molar-refractivity contribution in [3.8, 4) is 0 Å². The Kier molecular flexibility index (Phi) is 17.1. The summed E-state index contributed by atoms with van der Waals surface area (Å²) in [6, 6.07) is 7.29. The van der Waals surface area contributed by atoms with E-state index >= 15 is 0 Å². The molecule has 1 aliphatic heterocycles. The Morgan fingerprint density at radius 1 is 1.04 bits per heavy atom. The minimum absolute atomic E-state index is 0.00131. The number of carboxylic acids is 1. The average molecular weight is 786 g/mol. The fourth-order valence-corrected chi connectivity index (χ4v) is 7.76. The van der Waals surface area contributed by atoms with Gasteiger partial charge in [0.05, 0.1) is 5.92 Å². The van der Waals surface area contributed by atoms with Crippen LogP contribution in [0.25, 0.3) is 0 Å². The highest BCUT2D eigenvalue weighted by Gasteiger charge is 2.39. The molecule has 0 radical (unpaired) electrons. The molecule has 1 aromatic carbocycles. The van der Waals surface area contributed by atoms with E-state index in [-0.39, 0.29) is 41.8 Å². The molecule has 14 heteroatoms. The number of carboxylic acid groups (broad SMARTS) is 1. The van der Waals surface area contributed by atoms with Crippen LogP contribution in [0.15, 0.2) is 35.7 Å². The number of aromatic nitrogens is 1. The first-order valence-electron chi connectivity index (χ1n) is 19.5. The number of nitrogens with zero attached hydrogens (tertiary/aromatic N) is 3. The molecule has 55 heavy (non-hydrogen) atoms. The number of carbonyl (C=O) groups is 5. The van der Waals surface area contributed by atoms with Gasteiger partial charge in [-0.1, -0.05) is 71.4 Å². The van der Waals surface area contributed by atoms with Gasteiger partial charge in [0.15, 0.2) is 0 Å². The zero-order valence-electron chi connectivity index (χ0n) is 34.3. The molecular formula is C41H63N5O8S. The molecule has 0 bridgehead atoms. The summed E-state index contributed by atoms with van der Waals surface area (Å²) in [6.07, 6.45) is 2.70. The number of hydrogen-bond donors (Lipinski definition) is 3. The molecule has 0 aliphatic carbocycles. The van der Waals surface area contributed by atoms with Gasteiger partial charge in [-0.05, 0) is 70.3 Å². The van der Waals surface area contributed by atoms with Crippen molar-refractivity contribution >= 4 is 41.1 Å². The van der Waals surface area contributed by atoms with Crippen molar-refractivity contribution in [2.24, 2.45) is 17.8 Å². The van der Waals surface area contributed by atoms with Gasteiger partial charge in [0.1, 0.15) is 34.5 Å². The number of thiazole rings is 1. The molecule has 13 nitrogen and oxygen atoms in total. The fourth-order valence-electron chi connectivity index (χ4n) is 6.87. The molecule has 3 N–H and O–H groups in total. The summed E-state index contributed by atoms with van der Waals surface area (Å²) in [4.78, 5) is 74.1. The topological polar surface area (TPSA) is 167 Å². The summed E-state index contributed by atoms with van der Waals surface area (Å²) < 4.78 is 11.5. The number of likely N-dealkylation sites (tertiary alicyclic amines) is 1. The number of piperidine rings is 1. The Morgan fingerprint density at radius 3 is 2.29 bits per heavy atom. The van der Waals surface area contributed by atoms with Crippen LogP contribution >= 0.6 is 11.3 Å². The van der Waals surface area contributed by atoms with E-state index in [1.54, 1.807) is 52.1 Å². The smallest absolute Gasteiger partial charge is 0.410 e. The first-order chi connectivity index (χ1) is 25.9. The number of methoxy groups -OCH3 is 1. The van der Waals surface area contributed by atoms with Crippen molar-refractivity contribution in [1.82, 2.24) is 25.4 Å². The monoisotopic (exact) mass is 785 g/mol. The van der Waals surface area contributed by atoms with Crippen LogP contribution in [0.4, 0.5) is 4.79 Å². The molecule has 1 aromatic heterocycles. The van der Waals surface area contributed by atoms with Crippen molar-refractivity contribution in [2.45, 2.75) is 136 Å². The van der Waals surface area contributed by atoms with E-state index in [1.165, 1.54) is 16.2 Å². The third kappa shape index (κ3) is 13.3. The maximum absolute atomic E-state index is 14.3. The van der Waals surface area contributed by atoms with Crippen molar-refractivity contribution < 1.29 is 38.6 Å². The second-order valence-corrected chi connectivity index (χ2v) is 17.1. The van der Waals surface area contributed by atoms with E-state index in [4.69, 9.17) is 9.47 Å². The first kappa shape index (κ1) is 45.4. The van der Waals surface area contributed by atoms with Gasteiger partial charge < -0.3 is 30.1 Å². The molecule has 1 fully saturated rings. The number of carbonyl (C=O) groups excluding carboxylic acids is 4. The lowest BCUT2D eigenvalue weighted by atomic mass is 9.92. The van der Waals surface area contributed by atoms with E-state index in [1.807, 2.05) is 58.0 Å². The highest BCUT2D eigenvalue weighted by molar-refractivity contribution is 7.09. The lowest BCUT2D eigenvalue weighted by molar-refractivity contribution is -0.141. The van der Waals surface area contributed by atoms with E-state index < -0.39 is 53.7 Å². The van der Waals surface area contributed by atoms with Gasteiger partial charge in [0, 0.05) is 44.6 Å². The second-order valence-electron chi connectivity index (χ2n) is 16.2. The Bertz CT molecular complexity index is 1580. The van der Waals surface area contributed by atoms with Gasteiger partial charge in [0.25, 0.3) is 5.91 Å². The molecule has 1 saturated heterocycles. The van der Waals surface area contributed by atoms with Crippen LogP contribution in [0.2, 0.25) is 0 Å². The number of hydrogen-bond acceptors (Lipinski definition) is 9. The minimum Gasteiger partial charge on any atom is -0.481 e. The van der Waals surface area contributed by atoms with E-state index in [2.05, 4.69) is 15.6 Å². The lowest BCUT2D eigenvalue weighted by Crippen LogP contribution is -2.59. The first-order valence-corrected chi connectivity index (χ1v) is 20.4. The minimum atomic E-state index is -0.929. The molecule has 2 heterocycles. The summed E-state index contributed by atoms with van der Waals surface area (Å²) in [5.74, 6) is -2.79. The molecule has 4 amide bonds.